The SMILES string of the molecule is CCC1[C@H](c2ccc(Cl)cc2)N(c2ccc(Cl)cc2Cl)CCN1C(C)=O. The number of benzene rings is 2. The second-order valence-electron chi connectivity index (χ2n) is 6.47. The zero-order valence-electron chi connectivity index (χ0n) is 14.8. The van der Waals surface area contributed by atoms with Crippen molar-refractivity contribution in [3.05, 3.63) is 63.1 Å². The van der Waals surface area contributed by atoms with Gasteiger partial charge in [-0.1, -0.05) is 53.9 Å². The predicted molar refractivity (Wildman–Crippen MR) is 109 cm³/mol. The van der Waals surface area contributed by atoms with E-state index >= 15 is 0 Å². The van der Waals surface area contributed by atoms with Gasteiger partial charge in [0.25, 0.3) is 0 Å². The third kappa shape index (κ3) is 3.80. The van der Waals surface area contributed by atoms with Gasteiger partial charge in [-0.15, -0.1) is 0 Å². The molecule has 3 nitrogen and oxygen atoms in total. The van der Waals surface area contributed by atoms with Crippen LogP contribution in [0.5, 0.6) is 0 Å². The highest BCUT2D eigenvalue weighted by Gasteiger charge is 2.38. The summed E-state index contributed by atoms with van der Waals surface area (Å²) in [5.74, 6) is 0.0951. The Hall–Kier alpha value is -1.42. The molecule has 138 valence electrons. The molecule has 0 aromatic heterocycles. The van der Waals surface area contributed by atoms with Gasteiger partial charge in [-0.2, -0.15) is 0 Å². The van der Waals surface area contributed by atoms with Crippen LogP contribution in [0.1, 0.15) is 31.9 Å². The van der Waals surface area contributed by atoms with Crippen molar-refractivity contribution in [1.29, 1.82) is 0 Å². The minimum Gasteiger partial charge on any atom is -0.359 e. The molecule has 2 atom stereocenters. The molecule has 0 N–H and O–H groups in total. The molecule has 1 aliphatic heterocycles. The van der Waals surface area contributed by atoms with Crippen molar-refractivity contribution >= 4 is 46.4 Å². The van der Waals surface area contributed by atoms with E-state index in [1.807, 2.05) is 41.3 Å². The summed E-state index contributed by atoms with van der Waals surface area (Å²) in [6.45, 7) is 5.10. The Labute approximate surface area is 169 Å². The number of nitrogens with zero attached hydrogens (tertiary/aromatic N) is 2. The van der Waals surface area contributed by atoms with Crippen LogP contribution in [-0.4, -0.2) is 29.9 Å². The van der Waals surface area contributed by atoms with Crippen LogP contribution in [0.4, 0.5) is 5.69 Å². The summed E-state index contributed by atoms with van der Waals surface area (Å²) >= 11 is 18.7. The van der Waals surface area contributed by atoms with Gasteiger partial charge in [-0.25, -0.2) is 0 Å². The molecule has 6 heteroatoms. The van der Waals surface area contributed by atoms with Gasteiger partial charge < -0.3 is 9.80 Å². The van der Waals surface area contributed by atoms with Gasteiger partial charge >= 0.3 is 0 Å². The third-order valence-corrected chi connectivity index (χ3v) is 5.73. The Morgan fingerprint density at radius 3 is 2.27 bits per heavy atom. The van der Waals surface area contributed by atoms with Crippen LogP contribution in [0.15, 0.2) is 42.5 Å². The van der Waals surface area contributed by atoms with E-state index in [1.165, 1.54) is 0 Å². The van der Waals surface area contributed by atoms with E-state index in [1.54, 1.807) is 13.0 Å². The number of rotatable bonds is 3. The maximum absolute atomic E-state index is 12.2. The van der Waals surface area contributed by atoms with Crippen LogP contribution >= 0.6 is 34.8 Å². The molecule has 3 rings (SSSR count). The van der Waals surface area contributed by atoms with E-state index in [0.29, 0.717) is 28.2 Å². The summed E-state index contributed by atoms with van der Waals surface area (Å²) in [6, 6.07) is 13.4. The molecule has 1 amide bonds. The second-order valence-corrected chi connectivity index (χ2v) is 7.75. The quantitative estimate of drug-likeness (QED) is 0.634. The van der Waals surface area contributed by atoms with Gasteiger partial charge in [-0.3, -0.25) is 4.79 Å². The Morgan fingerprint density at radius 1 is 1.04 bits per heavy atom. The maximum Gasteiger partial charge on any atom is 0.219 e. The van der Waals surface area contributed by atoms with Gasteiger partial charge in [-0.05, 0) is 42.3 Å². The topological polar surface area (TPSA) is 23.6 Å². The van der Waals surface area contributed by atoms with Crippen molar-refractivity contribution in [2.45, 2.75) is 32.4 Å². The molecular weight excluding hydrogens is 391 g/mol. The molecule has 0 bridgehead atoms. The van der Waals surface area contributed by atoms with Crippen LogP contribution in [0.2, 0.25) is 15.1 Å². The first kappa shape index (κ1) is 19.3. The van der Waals surface area contributed by atoms with E-state index in [2.05, 4.69) is 11.8 Å². The Kier molecular flexibility index (Phi) is 6.01. The Balaban J connectivity index is 2.09. The van der Waals surface area contributed by atoms with E-state index in [4.69, 9.17) is 34.8 Å². The molecule has 1 aliphatic rings. The van der Waals surface area contributed by atoms with E-state index in [0.717, 1.165) is 17.7 Å². The highest BCUT2D eigenvalue weighted by Crippen LogP contribution is 2.40. The largest absolute Gasteiger partial charge is 0.359 e. The minimum atomic E-state index is -0.00593. The molecule has 0 aliphatic carbocycles. The summed E-state index contributed by atoms with van der Waals surface area (Å²) in [5, 5.41) is 1.91. The van der Waals surface area contributed by atoms with Crippen molar-refractivity contribution in [3.8, 4) is 0 Å². The molecule has 1 unspecified atom stereocenters. The molecule has 0 radical (unpaired) electrons. The maximum atomic E-state index is 12.2. The van der Waals surface area contributed by atoms with Crippen molar-refractivity contribution in [2.75, 3.05) is 18.0 Å². The fourth-order valence-electron chi connectivity index (χ4n) is 3.78. The smallest absolute Gasteiger partial charge is 0.219 e. The first-order valence-electron chi connectivity index (χ1n) is 8.66. The monoisotopic (exact) mass is 410 g/mol. The zero-order chi connectivity index (χ0) is 18.8. The van der Waals surface area contributed by atoms with Crippen molar-refractivity contribution < 1.29 is 4.79 Å². The van der Waals surface area contributed by atoms with Gasteiger partial charge in [0.15, 0.2) is 0 Å². The summed E-state index contributed by atoms with van der Waals surface area (Å²) in [6.07, 6.45) is 0.842. The van der Waals surface area contributed by atoms with Gasteiger partial charge in [0.1, 0.15) is 0 Å². The van der Waals surface area contributed by atoms with E-state index in [9.17, 15) is 4.79 Å². The zero-order valence-corrected chi connectivity index (χ0v) is 17.0. The summed E-state index contributed by atoms with van der Waals surface area (Å²) < 4.78 is 0. The number of carbonyl (C=O) groups excluding carboxylic acids is 1. The number of halogens is 3. The lowest BCUT2D eigenvalue weighted by molar-refractivity contribution is -0.132. The second kappa shape index (κ2) is 8.08. The van der Waals surface area contributed by atoms with E-state index in [-0.39, 0.29) is 18.0 Å². The summed E-state index contributed by atoms with van der Waals surface area (Å²) in [5.41, 5.74) is 2.04. The number of hydrogen-bond acceptors (Lipinski definition) is 2. The van der Waals surface area contributed by atoms with Crippen molar-refractivity contribution in [1.82, 2.24) is 4.90 Å². The number of anilines is 1. The standard InChI is InChI=1S/C20H21Cl3N2O/c1-3-18-20(14-4-6-15(21)7-5-14)25(11-10-24(18)13(2)26)19-9-8-16(22)12-17(19)23/h4-9,12,18,20H,3,10-11H2,1-2H3/t18?,20-/m0/s1. The lowest BCUT2D eigenvalue weighted by Gasteiger charge is -2.49. The molecule has 26 heavy (non-hydrogen) atoms. The minimum absolute atomic E-state index is 0.00593. The number of hydrogen-bond donors (Lipinski definition) is 0. The fraction of sp³-hybridized carbons (Fsp3) is 0.350. The van der Waals surface area contributed by atoms with Crippen molar-refractivity contribution in [2.24, 2.45) is 0 Å². The highest BCUT2D eigenvalue weighted by molar-refractivity contribution is 6.36. The lowest BCUT2D eigenvalue weighted by Crippen LogP contribution is -2.56. The van der Waals surface area contributed by atoms with Gasteiger partial charge in [0, 0.05) is 30.1 Å². The molecule has 0 saturated carbocycles. The van der Waals surface area contributed by atoms with Crippen LogP contribution in [0.25, 0.3) is 0 Å². The Bertz CT molecular complexity index is 794. The summed E-state index contributed by atoms with van der Waals surface area (Å²) in [7, 11) is 0. The number of amides is 1. The first-order chi connectivity index (χ1) is 12.4. The van der Waals surface area contributed by atoms with Crippen molar-refractivity contribution in [3.63, 3.8) is 0 Å². The first-order valence-corrected chi connectivity index (χ1v) is 9.80. The van der Waals surface area contributed by atoms with E-state index < -0.39 is 0 Å². The van der Waals surface area contributed by atoms with Gasteiger partial charge in [0.2, 0.25) is 5.91 Å². The molecular formula is C20H21Cl3N2O. The number of piperazine rings is 1. The highest BCUT2D eigenvalue weighted by atomic mass is 35.5. The van der Waals surface area contributed by atoms with Crippen LogP contribution in [0.3, 0.4) is 0 Å². The van der Waals surface area contributed by atoms with Crippen LogP contribution < -0.4 is 4.90 Å². The number of carbonyl (C=O) groups is 1. The molecule has 2 aromatic carbocycles. The van der Waals surface area contributed by atoms with Crippen LogP contribution in [-0.2, 0) is 4.79 Å². The lowest BCUT2D eigenvalue weighted by atomic mass is 9.91. The molecule has 1 fully saturated rings. The molecule has 0 spiro atoms. The normalized spacial score (nSPS) is 20.3. The van der Waals surface area contributed by atoms with Gasteiger partial charge in [0.05, 0.1) is 22.8 Å². The average molecular weight is 412 g/mol. The fourth-order valence-corrected chi connectivity index (χ4v) is 4.42. The molecule has 2 aromatic rings. The third-order valence-electron chi connectivity index (χ3n) is 4.94. The molecule has 1 saturated heterocycles. The van der Waals surface area contributed by atoms with Crippen LogP contribution in [0, 0.1) is 0 Å². The Morgan fingerprint density at radius 2 is 1.69 bits per heavy atom. The average Bonchev–Trinajstić information content (AvgIpc) is 2.61. The summed E-state index contributed by atoms with van der Waals surface area (Å²) in [4.78, 5) is 16.4. The predicted octanol–water partition coefficient (Wildman–Crippen LogP) is 5.84. The molecule has 1 heterocycles.